The highest BCUT2D eigenvalue weighted by Gasteiger charge is 2.16. The summed E-state index contributed by atoms with van der Waals surface area (Å²) in [6.45, 7) is 2.31. The van der Waals surface area contributed by atoms with Crippen LogP contribution in [0.4, 0.5) is 0 Å². The van der Waals surface area contributed by atoms with Gasteiger partial charge in [0.1, 0.15) is 6.61 Å². The number of hydrogen-bond donors (Lipinski definition) is 1. The lowest BCUT2D eigenvalue weighted by Gasteiger charge is -2.17. The molecule has 2 heterocycles. The van der Waals surface area contributed by atoms with Gasteiger partial charge in [-0.3, -0.25) is 9.78 Å². The van der Waals surface area contributed by atoms with E-state index < -0.39 is 0 Å². The van der Waals surface area contributed by atoms with E-state index in [-0.39, 0.29) is 11.9 Å². The molecule has 8 heteroatoms. The Hall–Kier alpha value is -3.84. The number of nitrogens with zero attached hydrogens (tertiary/aromatic N) is 3. The number of hydrogen-bond acceptors (Lipinski definition) is 5. The van der Waals surface area contributed by atoms with Crippen LogP contribution in [0.5, 0.6) is 11.5 Å². The molecule has 0 spiro atoms. The van der Waals surface area contributed by atoms with Gasteiger partial charge in [0.15, 0.2) is 11.5 Å². The van der Waals surface area contributed by atoms with Crippen LogP contribution in [-0.2, 0) is 6.61 Å². The highest BCUT2D eigenvalue weighted by molar-refractivity contribution is 6.32. The summed E-state index contributed by atoms with van der Waals surface area (Å²) in [6, 6.07) is 16.5. The highest BCUT2D eigenvalue weighted by Crippen LogP contribution is 2.31. The molecule has 0 fully saturated rings. The molecular formula is C25H23ClN4O3. The van der Waals surface area contributed by atoms with Gasteiger partial charge in [0.2, 0.25) is 0 Å². The van der Waals surface area contributed by atoms with Gasteiger partial charge in [-0.15, -0.1) is 0 Å². The maximum absolute atomic E-state index is 12.8. The van der Waals surface area contributed by atoms with E-state index in [2.05, 4.69) is 15.4 Å². The highest BCUT2D eigenvalue weighted by atomic mass is 35.5. The fourth-order valence-corrected chi connectivity index (χ4v) is 3.51. The number of methoxy groups -OCH3 is 1. The number of pyridine rings is 1. The van der Waals surface area contributed by atoms with Crippen molar-refractivity contribution >= 4 is 17.5 Å². The van der Waals surface area contributed by atoms with E-state index in [4.69, 9.17) is 21.1 Å². The minimum absolute atomic E-state index is 0.238. The molecule has 0 aliphatic carbocycles. The van der Waals surface area contributed by atoms with Crippen LogP contribution in [0, 0.1) is 0 Å². The molecule has 33 heavy (non-hydrogen) atoms. The summed E-state index contributed by atoms with van der Waals surface area (Å²) in [5, 5.41) is 7.81. The van der Waals surface area contributed by atoms with Gasteiger partial charge in [0.05, 0.1) is 35.6 Å². The second-order valence-corrected chi connectivity index (χ2v) is 7.78. The summed E-state index contributed by atoms with van der Waals surface area (Å²) in [6.07, 6.45) is 6.62. The molecule has 1 amide bonds. The lowest BCUT2D eigenvalue weighted by Crippen LogP contribution is -2.26. The van der Waals surface area contributed by atoms with Gasteiger partial charge in [-0.05, 0) is 54.4 Å². The Morgan fingerprint density at radius 2 is 1.91 bits per heavy atom. The number of halogens is 1. The number of rotatable bonds is 8. The van der Waals surface area contributed by atoms with Crippen molar-refractivity contribution in [2.75, 3.05) is 7.11 Å². The van der Waals surface area contributed by atoms with Crippen LogP contribution in [-0.4, -0.2) is 27.8 Å². The second-order valence-electron chi connectivity index (χ2n) is 7.37. The SMILES string of the molecule is COc1cc(C(C)NC(=O)c2cnn(-c3ccccc3Cl)c2)ccc1OCc1ccncc1. The molecule has 2 aromatic heterocycles. The van der Waals surface area contributed by atoms with E-state index in [0.717, 1.165) is 11.1 Å². The van der Waals surface area contributed by atoms with E-state index in [1.807, 2.05) is 55.5 Å². The Bertz CT molecular complexity index is 1240. The fourth-order valence-electron chi connectivity index (χ4n) is 3.29. The molecule has 0 bridgehead atoms. The molecule has 4 rings (SSSR count). The normalized spacial score (nSPS) is 11.6. The number of nitrogens with one attached hydrogen (secondary N) is 1. The summed E-state index contributed by atoms with van der Waals surface area (Å²) < 4.78 is 13.0. The Kier molecular flexibility index (Phi) is 6.90. The first-order chi connectivity index (χ1) is 16.0. The van der Waals surface area contributed by atoms with Gasteiger partial charge in [0.25, 0.3) is 5.91 Å². The first-order valence-electron chi connectivity index (χ1n) is 10.3. The molecule has 0 aliphatic rings. The van der Waals surface area contributed by atoms with Gasteiger partial charge < -0.3 is 14.8 Å². The van der Waals surface area contributed by atoms with Crippen molar-refractivity contribution in [2.45, 2.75) is 19.6 Å². The van der Waals surface area contributed by atoms with Crippen molar-refractivity contribution < 1.29 is 14.3 Å². The number of amides is 1. The Morgan fingerprint density at radius 3 is 2.67 bits per heavy atom. The van der Waals surface area contributed by atoms with E-state index in [9.17, 15) is 4.79 Å². The molecular weight excluding hydrogens is 440 g/mol. The number of ether oxygens (including phenoxy) is 2. The number of para-hydroxylation sites is 1. The largest absolute Gasteiger partial charge is 0.493 e. The van der Waals surface area contributed by atoms with Crippen LogP contribution in [0.2, 0.25) is 5.02 Å². The summed E-state index contributed by atoms with van der Waals surface area (Å²) in [7, 11) is 1.59. The predicted octanol–water partition coefficient (Wildman–Crippen LogP) is 5.00. The zero-order chi connectivity index (χ0) is 23.2. The topological polar surface area (TPSA) is 78.3 Å². The number of carbonyl (C=O) groups excluding carboxylic acids is 1. The zero-order valence-corrected chi connectivity index (χ0v) is 19.0. The third-order valence-electron chi connectivity index (χ3n) is 5.12. The fraction of sp³-hybridized carbons (Fsp3) is 0.160. The molecule has 1 N–H and O–H groups in total. The van der Waals surface area contributed by atoms with Crippen molar-refractivity contribution in [2.24, 2.45) is 0 Å². The lowest BCUT2D eigenvalue weighted by molar-refractivity contribution is 0.0940. The maximum atomic E-state index is 12.8. The number of carbonyl (C=O) groups is 1. The molecule has 168 valence electrons. The molecule has 0 radical (unpaired) electrons. The molecule has 4 aromatic rings. The average molecular weight is 463 g/mol. The van der Waals surface area contributed by atoms with Gasteiger partial charge in [-0.1, -0.05) is 29.8 Å². The van der Waals surface area contributed by atoms with Crippen LogP contribution < -0.4 is 14.8 Å². The number of benzene rings is 2. The van der Waals surface area contributed by atoms with Crippen LogP contribution in [0.1, 0.15) is 34.5 Å². The van der Waals surface area contributed by atoms with E-state index in [0.29, 0.717) is 34.4 Å². The second kappa shape index (κ2) is 10.2. The van der Waals surface area contributed by atoms with Gasteiger partial charge in [-0.25, -0.2) is 4.68 Å². The molecule has 0 aliphatic heterocycles. The maximum Gasteiger partial charge on any atom is 0.254 e. The van der Waals surface area contributed by atoms with Crippen LogP contribution in [0.15, 0.2) is 79.4 Å². The van der Waals surface area contributed by atoms with Crippen LogP contribution in [0.3, 0.4) is 0 Å². The lowest BCUT2D eigenvalue weighted by atomic mass is 10.1. The standard InChI is InChI=1S/C25H23ClN4O3/c1-17(29-25(31)20-14-28-30(15-20)22-6-4-3-5-21(22)26)19-7-8-23(24(13-19)32-2)33-16-18-9-11-27-12-10-18/h3-15,17H,16H2,1-2H3,(H,29,31). The Labute approximate surface area is 196 Å². The minimum atomic E-state index is -0.260. The monoisotopic (exact) mass is 462 g/mol. The smallest absolute Gasteiger partial charge is 0.254 e. The molecule has 1 unspecified atom stereocenters. The van der Waals surface area contributed by atoms with Crippen LogP contribution >= 0.6 is 11.6 Å². The first kappa shape index (κ1) is 22.4. The summed E-state index contributed by atoms with van der Waals surface area (Å²) in [4.78, 5) is 16.8. The molecule has 2 aromatic carbocycles. The Morgan fingerprint density at radius 1 is 1.12 bits per heavy atom. The summed E-state index contributed by atoms with van der Waals surface area (Å²) >= 11 is 6.22. The van der Waals surface area contributed by atoms with Crippen LogP contribution in [0.25, 0.3) is 5.69 Å². The third-order valence-corrected chi connectivity index (χ3v) is 5.44. The van der Waals surface area contributed by atoms with Crippen molar-refractivity contribution in [1.29, 1.82) is 0 Å². The third kappa shape index (κ3) is 5.32. The van der Waals surface area contributed by atoms with E-state index in [1.54, 1.807) is 36.4 Å². The van der Waals surface area contributed by atoms with E-state index >= 15 is 0 Å². The van der Waals surface area contributed by atoms with Gasteiger partial charge >= 0.3 is 0 Å². The number of aromatic nitrogens is 3. The Balaban J connectivity index is 1.43. The average Bonchev–Trinajstić information content (AvgIpc) is 3.34. The van der Waals surface area contributed by atoms with Crippen molar-refractivity contribution in [1.82, 2.24) is 20.1 Å². The first-order valence-corrected chi connectivity index (χ1v) is 10.7. The molecule has 0 saturated carbocycles. The summed E-state index contributed by atoms with van der Waals surface area (Å²) in [5.74, 6) is 0.976. The molecule has 1 atom stereocenters. The van der Waals surface area contributed by atoms with Gasteiger partial charge in [-0.2, -0.15) is 5.10 Å². The summed E-state index contributed by atoms with van der Waals surface area (Å²) in [5.41, 5.74) is 3.04. The predicted molar refractivity (Wildman–Crippen MR) is 126 cm³/mol. The minimum Gasteiger partial charge on any atom is -0.493 e. The van der Waals surface area contributed by atoms with Crippen molar-refractivity contribution in [3.63, 3.8) is 0 Å². The van der Waals surface area contributed by atoms with Crippen molar-refractivity contribution in [3.8, 4) is 17.2 Å². The molecule has 7 nitrogen and oxygen atoms in total. The van der Waals surface area contributed by atoms with Crippen molar-refractivity contribution in [3.05, 3.63) is 101 Å². The van der Waals surface area contributed by atoms with E-state index in [1.165, 1.54) is 6.20 Å². The van der Waals surface area contributed by atoms with Gasteiger partial charge in [0, 0.05) is 18.6 Å². The molecule has 0 saturated heterocycles. The zero-order valence-electron chi connectivity index (χ0n) is 18.2. The quantitative estimate of drug-likeness (QED) is 0.398.